The van der Waals surface area contributed by atoms with Gasteiger partial charge in [-0.25, -0.2) is 4.39 Å². The molecule has 0 spiro atoms. The molecule has 19 heavy (non-hydrogen) atoms. The van der Waals surface area contributed by atoms with Crippen LogP contribution in [0.5, 0.6) is 0 Å². The van der Waals surface area contributed by atoms with Crippen LogP contribution >= 0.6 is 15.9 Å². The van der Waals surface area contributed by atoms with E-state index in [1.807, 2.05) is 0 Å². The van der Waals surface area contributed by atoms with Crippen LogP contribution in [0, 0.1) is 11.7 Å². The fourth-order valence-electron chi connectivity index (χ4n) is 2.56. The average molecular weight is 329 g/mol. The van der Waals surface area contributed by atoms with Crippen LogP contribution in [-0.2, 0) is 0 Å². The molecule has 3 N–H and O–H groups in total. The van der Waals surface area contributed by atoms with Crippen LogP contribution in [0.2, 0.25) is 0 Å². The second-order valence-corrected chi connectivity index (χ2v) is 6.19. The summed E-state index contributed by atoms with van der Waals surface area (Å²) in [4.78, 5) is 11.4. The Hall–Kier alpha value is -1.10. The fourth-order valence-corrected chi connectivity index (χ4v) is 2.99. The molecule has 1 aromatic rings. The maximum atomic E-state index is 13.8. The second-order valence-electron chi connectivity index (χ2n) is 5.28. The lowest BCUT2D eigenvalue weighted by Crippen LogP contribution is -2.27. The summed E-state index contributed by atoms with van der Waals surface area (Å²) in [6, 6.07) is 3.25. The Morgan fingerprint density at radius 2 is 2.00 bits per heavy atom. The Balaban J connectivity index is 2.21. The fraction of sp³-hybridized carbons (Fsp3) is 0.500. The van der Waals surface area contributed by atoms with Crippen molar-refractivity contribution in [3.05, 3.63) is 28.0 Å². The number of hydrogen-bond donors (Lipinski definition) is 2. The van der Waals surface area contributed by atoms with Crippen molar-refractivity contribution in [2.24, 2.45) is 11.7 Å². The summed E-state index contributed by atoms with van der Waals surface area (Å²) in [7, 11) is 0. The summed E-state index contributed by atoms with van der Waals surface area (Å²) in [6.07, 6.45) is 4.38. The molecule has 3 nitrogen and oxygen atoms in total. The molecule has 1 aromatic carbocycles. The number of nitrogens with one attached hydrogen (secondary N) is 1. The summed E-state index contributed by atoms with van der Waals surface area (Å²) >= 11 is 3.24. The third-order valence-electron chi connectivity index (χ3n) is 3.68. The predicted molar refractivity (Wildman–Crippen MR) is 77.7 cm³/mol. The summed E-state index contributed by atoms with van der Waals surface area (Å²) in [6.45, 7) is 2.24. The van der Waals surface area contributed by atoms with E-state index in [9.17, 15) is 9.18 Å². The highest BCUT2D eigenvalue weighted by atomic mass is 79.9. The molecule has 1 amide bonds. The normalized spacial score (nSPS) is 23.1. The van der Waals surface area contributed by atoms with E-state index in [2.05, 4.69) is 28.2 Å². The van der Waals surface area contributed by atoms with Gasteiger partial charge in [-0.2, -0.15) is 0 Å². The van der Waals surface area contributed by atoms with Gasteiger partial charge in [0.1, 0.15) is 5.82 Å². The van der Waals surface area contributed by atoms with Gasteiger partial charge in [0.2, 0.25) is 0 Å². The third-order valence-corrected chi connectivity index (χ3v) is 4.13. The number of primary amides is 1. The van der Waals surface area contributed by atoms with Gasteiger partial charge >= 0.3 is 0 Å². The Labute approximate surface area is 120 Å². The first-order valence-corrected chi connectivity index (χ1v) is 7.32. The van der Waals surface area contributed by atoms with E-state index in [1.54, 1.807) is 6.07 Å². The van der Waals surface area contributed by atoms with Crippen LogP contribution in [0.4, 0.5) is 10.1 Å². The summed E-state index contributed by atoms with van der Waals surface area (Å²) < 4.78 is 14.4. The minimum absolute atomic E-state index is 0.0539. The monoisotopic (exact) mass is 328 g/mol. The van der Waals surface area contributed by atoms with Crippen LogP contribution in [-0.4, -0.2) is 11.9 Å². The summed E-state index contributed by atoms with van der Waals surface area (Å²) in [5, 5.41) is 3.26. The minimum atomic E-state index is -0.739. The Kier molecular flexibility index (Phi) is 4.45. The van der Waals surface area contributed by atoms with Crippen molar-refractivity contribution in [2.75, 3.05) is 5.32 Å². The van der Waals surface area contributed by atoms with E-state index in [0.717, 1.165) is 31.6 Å². The molecule has 0 aromatic heterocycles. The Morgan fingerprint density at radius 3 is 2.58 bits per heavy atom. The maximum absolute atomic E-state index is 13.8. The van der Waals surface area contributed by atoms with Crippen LogP contribution < -0.4 is 11.1 Å². The van der Waals surface area contributed by atoms with Crippen molar-refractivity contribution in [3.8, 4) is 0 Å². The van der Waals surface area contributed by atoms with Gasteiger partial charge in [-0.3, -0.25) is 4.79 Å². The molecule has 1 aliphatic carbocycles. The summed E-state index contributed by atoms with van der Waals surface area (Å²) in [5.41, 5.74) is 5.69. The van der Waals surface area contributed by atoms with E-state index < -0.39 is 11.7 Å². The molecule has 0 saturated heterocycles. The van der Waals surface area contributed by atoms with Crippen molar-refractivity contribution in [2.45, 2.75) is 38.6 Å². The first-order chi connectivity index (χ1) is 8.97. The first kappa shape index (κ1) is 14.3. The highest BCUT2D eigenvalue weighted by molar-refractivity contribution is 9.10. The molecule has 0 atom stereocenters. The van der Waals surface area contributed by atoms with Gasteiger partial charge in [-0.15, -0.1) is 0 Å². The minimum Gasteiger partial charge on any atom is -0.382 e. The predicted octanol–water partition coefficient (Wildman–Crippen LogP) is 3.68. The van der Waals surface area contributed by atoms with Gasteiger partial charge in [-0.1, -0.05) is 22.9 Å². The Morgan fingerprint density at radius 1 is 1.37 bits per heavy atom. The molecular weight excluding hydrogens is 311 g/mol. The van der Waals surface area contributed by atoms with Gasteiger partial charge in [0.15, 0.2) is 0 Å². The first-order valence-electron chi connectivity index (χ1n) is 6.52. The number of halogens is 2. The number of anilines is 1. The maximum Gasteiger partial charge on any atom is 0.253 e. The van der Waals surface area contributed by atoms with Crippen LogP contribution in [0.15, 0.2) is 16.6 Å². The van der Waals surface area contributed by atoms with Crippen molar-refractivity contribution in [1.29, 1.82) is 0 Å². The standard InChI is InChI=1S/C14H18BrFN2O/c1-8-2-4-10(5-3-8)18-12-7-9(15)6-11(16)13(12)14(17)19/h6-8,10,18H,2-5H2,1H3,(H2,17,19). The zero-order chi connectivity index (χ0) is 14.0. The Bertz CT molecular complexity index is 485. The number of rotatable bonds is 3. The molecule has 0 bridgehead atoms. The molecule has 5 heteroatoms. The van der Waals surface area contributed by atoms with Crippen molar-refractivity contribution in [3.63, 3.8) is 0 Å². The molecule has 0 radical (unpaired) electrons. The molecule has 1 fully saturated rings. The van der Waals surface area contributed by atoms with Gasteiger partial charge in [0, 0.05) is 10.5 Å². The highest BCUT2D eigenvalue weighted by Gasteiger charge is 2.21. The smallest absolute Gasteiger partial charge is 0.253 e. The molecule has 1 aliphatic rings. The zero-order valence-electron chi connectivity index (χ0n) is 10.9. The molecule has 0 unspecified atom stereocenters. The molecule has 104 valence electrons. The van der Waals surface area contributed by atoms with E-state index in [4.69, 9.17) is 5.73 Å². The van der Waals surface area contributed by atoms with Gasteiger partial charge in [-0.05, 0) is 43.7 Å². The van der Waals surface area contributed by atoms with E-state index in [-0.39, 0.29) is 11.6 Å². The number of benzene rings is 1. The molecule has 0 heterocycles. The third kappa shape index (κ3) is 3.47. The van der Waals surface area contributed by atoms with E-state index in [1.165, 1.54) is 6.07 Å². The average Bonchev–Trinajstić information content (AvgIpc) is 2.30. The molecule has 1 saturated carbocycles. The van der Waals surface area contributed by atoms with E-state index in [0.29, 0.717) is 10.2 Å². The largest absolute Gasteiger partial charge is 0.382 e. The van der Waals surface area contributed by atoms with Gasteiger partial charge in [0.25, 0.3) is 5.91 Å². The second kappa shape index (κ2) is 5.90. The van der Waals surface area contributed by atoms with Gasteiger partial charge < -0.3 is 11.1 Å². The lowest BCUT2D eigenvalue weighted by atomic mass is 9.87. The number of carbonyl (C=O) groups excluding carboxylic acids is 1. The van der Waals surface area contributed by atoms with Crippen molar-refractivity contribution in [1.82, 2.24) is 0 Å². The lowest BCUT2D eigenvalue weighted by Gasteiger charge is -2.28. The number of nitrogens with two attached hydrogens (primary N) is 1. The van der Waals surface area contributed by atoms with Crippen LogP contribution in [0.1, 0.15) is 43.0 Å². The highest BCUT2D eigenvalue weighted by Crippen LogP contribution is 2.30. The zero-order valence-corrected chi connectivity index (χ0v) is 12.5. The lowest BCUT2D eigenvalue weighted by molar-refractivity contribution is 0.0997. The number of amides is 1. The van der Waals surface area contributed by atoms with E-state index >= 15 is 0 Å². The molecular formula is C14H18BrFN2O. The SMILES string of the molecule is CC1CCC(Nc2cc(Br)cc(F)c2C(N)=O)CC1. The summed E-state index contributed by atoms with van der Waals surface area (Å²) in [5.74, 6) is -0.585. The number of carbonyl (C=O) groups is 1. The van der Waals surface area contributed by atoms with Crippen molar-refractivity contribution >= 4 is 27.5 Å². The van der Waals surface area contributed by atoms with Crippen LogP contribution in [0.25, 0.3) is 0 Å². The van der Waals surface area contributed by atoms with Crippen LogP contribution in [0.3, 0.4) is 0 Å². The topological polar surface area (TPSA) is 55.1 Å². The number of hydrogen-bond acceptors (Lipinski definition) is 2. The molecule has 2 rings (SSSR count). The molecule has 0 aliphatic heterocycles. The quantitative estimate of drug-likeness (QED) is 0.889. The van der Waals surface area contributed by atoms with Gasteiger partial charge in [0.05, 0.1) is 11.3 Å². The van der Waals surface area contributed by atoms with Crippen molar-refractivity contribution < 1.29 is 9.18 Å².